The largest absolute Gasteiger partial charge is 0.379 e. The van der Waals surface area contributed by atoms with Gasteiger partial charge in [0.15, 0.2) is 0 Å². The van der Waals surface area contributed by atoms with E-state index >= 15 is 0 Å². The summed E-state index contributed by atoms with van der Waals surface area (Å²) in [5, 5.41) is 3.73. The van der Waals surface area contributed by atoms with Gasteiger partial charge >= 0.3 is 0 Å². The fourth-order valence-electron chi connectivity index (χ4n) is 2.11. The molecule has 13 heavy (non-hydrogen) atoms. The summed E-state index contributed by atoms with van der Waals surface area (Å²) in [6, 6.07) is 0.638. The van der Waals surface area contributed by atoms with Crippen LogP contribution in [-0.4, -0.2) is 24.8 Å². The summed E-state index contributed by atoms with van der Waals surface area (Å²) in [6.45, 7) is 8.78. The van der Waals surface area contributed by atoms with Crippen molar-refractivity contribution in [3.05, 3.63) is 0 Å². The van der Waals surface area contributed by atoms with Crippen LogP contribution in [0.2, 0.25) is 0 Å². The average molecular weight is 183 g/mol. The summed E-state index contributed by atoms with van der Waals surface area (Å²) in [7, 11) is 0. The van der Waals surface area contributed by atoms with E-state index in [1.807, 2.05) is 0 Å². The maximum Gasteiger partial charge on any atom is 0.0646 e. The van der Waals surface area contributed by atoms with Gasteiger partial charge < -0.3 is 10.1 Å². The van der Waals surface area contributed by atoms with E-state index in [0.717, 1.165) is 19.6 Å². The Kier molecular flexibility index (Phi) is 2.16. The standard InChI is InChI=1S/C11H21NO/c1-9(10(2)4-5-10)12-11(3)6-7-13-8-11/h9,12H,4-8H2,1-3H3. The molecule has 0 amide bonds. The van der Waals surface area contributed by atoms with Crippen LogP contribution in [0.1, 0.15) is 40.0 Å². The molecule has 2 unspecified atom stereocenters. The molecule has 1 aliphatic carbocycles. The van der Waals surface area contributed by atoms with E-state index in [0.29, 0.717) is 11.5 Å². The lowest BCUT2D eigenvalue weighted by atomic mass is 9.94. The molecule has 1 N–H and O–H groups in total. The summed E-state index contributed by atoms with van der Waals surface area (Å²) in [6.07, 6.45) is 3.93. The van der Waals surface area contributed by atoms with Gasteiger partial charge in [0, 0.05) is 18.2 Å². The van der Waals surface area contributed by atoms with E-state index in [9.17, 15) is 0 Å². The molecule has 1 aliphatic heterocycles. The average Bonchev–Trinajstić information content (AvgIpc) is 2.67. The second-order valence-electron chi connectivity index (χ2n) is 5.38. The first-order valence-electron chi connectivity index (χ1n) is 5.40. The van der Waals surface area contributed by atoms with Crippen LogP contribution in [0.25, 0.3) is 0 Å². The molecule has 0 aromatic carbocycles. The highest BCUT2D eigenvalue weighted by molar-refractivity contribution is 5.00. The van der Waals surface area contributed by atoms with Crippen molar-refractivity contribution < 1.29 is 4.74 Å². The van der Waals surface area contributed by atoms with Crippen molar-refractivity contribution in [3.8, 4) is 0 Å². The Morgan fingerprint density at radius 3 is 2.38 bits per heavy atom. The first kappa shape index (κ1) is 9.47. The van der Waals surface area contributed by atoms with Crippen LogP contribution >= 0.6 is 0 Å². The molecule has 2 rings (SSSR count). The molecule has 2 nitrogen and oxygen atoms in total. The molecule has 2 atom stereocenters. The van der Waals surface area contributed by atoms with E-state index in [2.05, 4.69) is 26.1 Å². The van der Waals surface area contributed by atoms with Gasteiger partial charge in [0.2, 0.25) is 0 Å². The van der Waals surface area contributed by atoms with Gasteiger partial charge in [0.25, 0.3) is 0 Å². The maximum atomic E-state index is 5.43. The molecule has 0 aromatic rings. The molecule has 2 heteroatoms. The van der Waals surface area contributed by atoms with E-state index in [1.54, 1.807) is 0 Å². The minimum absolute atomic E-state index is 0.241. The molecule has 1 saturated carbocycles. The summed E-state index contributed by atoms with van der Waals surface area (Å²) >= 11 is 0. The first-order valence-corrected chi connectivity index (χ1v) is 5.40. The number of ether oxygens (including phenoxy) is 1. The SMILES string of the molecule is CC(NC1(C)CCOC1)C1(C)CC1. The number of nitrogens with one attached hydrogen (secondary N) is 1. The van der Waals surface area contributed by atoms with Crippen molar-refractivity contribution in [3.63, 3.8) is 0 Å². The highest BCUT2D eigenvalue weighted by Crippen LogP contribution is 2.48. The topological polar surface area (TPSA) is 21.3 Å². The number of hydrogen-bond donors (Lipinski definition) is 1. The van der Waals surface area contributed by atoms with E-state index in [1.165, 1.54) is 12.8 Å². The zero-order valence-electron chi connectivity index (χ0n) is 9.02. The van der Waals surface area contributed by atoms with Gasteiger partial charge in [0.05, 0.1) is 6.61 Å². The fraction of sp³-hybridized carbons (Fsp3) is 1.00. The number of hydrogen-bond acceptors (Lipinski definition) is 2. The third-order valence-electron chi connectivity index (χ3n) is 3.87. The third kappa shape index (κ3) is 1.89. The van der Waals surface area contributed by atoms with Gasteiger partial charge in [-0.2, -0.15) is 0 Å². The molecular formula is C11H21NO. The molecule has 2 fully saturated rings. The van der Waals surface area contributed by atoms with Gasteiger partial charge in [-0.15, -0.1) is 0 Å². The van der Waals surface area contributed by atoms with E-state index in [4.69, 9.17) is 4.74 Å². The molecule has 0 aromatic heterocycles. The zero-order chi connectivity index (χ0) is 9.53. The van der Waals surface area contributed by atoms with E-state index < -0.39 is 0 Å². The molecule has 1 saturated heterocycles. The molecule has 0 bridgehead atoms. The quantitative estimate of drug-likeness (QED) is 0.722. The van der Waals surface area contributed by atoms with Crippen molar-refractivity contribution in [1.29, 1.82) is 0 Å². The second kappa shape index (κ2) is 2.96. The second-order valence-corrected chi connectivity index (χ2v) is 5.38. The monoisotopic (exact) mass is 183 g/mol. The van der Waals surface area contributed by atoms with Crippen LogP contribution in [0.3, 0.4) is 0 Å². The Labute approximate surface area is 81.0 Å². The summed E-state index contributed by atoms with van der Waals surface area (Å²) < 4.78 is 5.43. The lowest BCUT2D eigenvalue weighted by molar-refractivity contribution is 0.161. The first-order chi connectivity index (χ1) is 6.04. The zero-order valence-corrected chi connectivity index (χ0v) is 9.02. The van der Waals surface area contributed by atoms with Crippen molar-refractivity contribution in [2.45, 2.75) is 51.6 Å². The fourth-order valence-corrected chi connectivity index (χ4v) is 2.11. The maximum absolute atomic E-state index is 5.43. The van der Waals surface area contributed by atoms with Crippen LogP contribution in [0, 0.1) is 5.41 Å². The third-order valence-corrected chi connectivity index (χ3v) is 3.87. The lowest BCUT2D eigenvalue weighted by Gasteiger charge is -2.31. The Balaban J connectivity index is 1.89. The Bertz CT molecular complexity index is 192. The summed E-state index contributed by atoms with van der Waals surface area (Å²) in [5.41, 5.74) is 0.816. The smallest absolute Gasteiger partial charge is 0.0646 e. The molecule has 2 aliphatic rings. The van der Waals surface area contributed by atoms with Gasteiger partial charge in [-0.05, 0) is 38.5 Å². The van der Waals surface area contributed by atoms with Gasteiger partial charge in [-0.1, -0.05) is 6.92 Å². The molecule has 76 valence electrons. The van der Waals surface area contributed by atoms with Crippen LogP contribution < -0.4 is 5.32 Å². The van der Waals surface area contributed by atoms with Crippen LogP contribution in [0.5, 0.6) is 0 Å². The Morgan fingerprint density at radius 2 is 1.92 bits per heavy atom. The minimum Gasteiger partial charge on any atom is -0.379 e. The molecule has 0 radical (unpaired) electrons. The normalized spacial score (nSPS) is 39.0. The molecular weight excluding hydrogens is 162 g/mol. The lowest BCUT2D eigenvalue weighted by Crippen LogP contribution is -2.50. The summed E-state index contributed by atoms with van der Waals surface area (Å²) in [5.74, 6) is 0. The highest BCUT2D eigenvalue weighted by Gasteiger charge is 2.45. The van der Waals surface area contributed by atoms with Crippen LogP contribution in [0.4, 0.5) is 0 Å². The Morgan fingerprint density at radius 1 is 1.23 bits per heavy atom. The van der Waals surface area contributed by atoms with E-state index in [-0.39, 0.29) is 5.54 Å². The van der Waals surface area contributed by atoms with Crippen molar-refractivity contribution in [2.75, 3.05) is 13.2 Å². The molecule has 1 heterocycles. The van der Waals surface area contributed by atoms with Crippen LogP contribution in [0.15, 0.2) is 0 Å². The van der Waals surface area contributed by atoms with Crippen LogP contribution in [-0.2, 0) is 4.74 Å². The minimum atomic E-state index is 0.241. The van der Waals surface area contributed by atoms with Crippen molar-refractivity contribution >= 4 is 0 Å². The predicted molar refractivity (Wildman–Crippen MR) is 53.8 cm³/mol. The molecule has 0 spiro atoms. The van der Waals surface area contributed by atoms with Crippen molar-refractivity contribution in [1.82, 2.24) is 5.32 Å². The Hall–Kier alpha value is -0.0800. The number of rotatable bonds is 3. The van der Waals surface area contributed by atoms with Crippen molar-refractivity contribution in [2.24, 2.45) is 5.41 Å². The van der Waals surface area contributed by atoms with Gasteiger partial charge in [-0.25, -0.2) is 0 Å². The van der Waals surface area contributed by atoms with Gasteiger partial charge in [-0.3, -0.25) is 0 Å². The van der Waals surface area contributed by atoms with Gasteiger partial charge in [0.1, 0.15) is 0 Å². The highest BCUT2D eigenvalue weighted by atomic mass is 16.5. The predicted octanol–water partition coefficient (Wildman–Crippen LogP) is 1.94. The summed E-state index contributed by atoms with van der Waals surface area (Å²) in [4.78, 5) is 0.